The highest BCUT2D eigenvalue weighted by Gasteiger charge is 2.35. The van der Waals surface area contributed by atoms with Gasteiger partial charge in [0.25, 0.3) is 0 Å². The Labute approximate surface area is 90.0 Å². The lowest BCUT2D eigenvalue weighted by molar-refractivity contribution is -0.141. The van der Waals surface area contributed by atoms with Gasteiger partial charge in [0.05, 0.1) is 6.61 Å². The van der Waals surface area contributed by atoms with Gasteiger partial charge in [-0.25, -0.2) is 4.79 Å². The van der Waals surface area contributed by atoms with Crippen LogP contribution in [0.25, 0.3) is 0 Å². The van der Waals surface area contributed by atoms with Gasteiger partial charge in [-0.3, -0.25) is 4.68 Å². The van der Waals surface area contributed by atoms with E-state index in [1.54, 1.807) is 13.8 Å². The second kappa shape index (κ2) is 4.54. The number of carbonyl (C=O) groups excluding carboxylic acids is 1. The number of halogens is 3. The number of aromatic nitrogens is 2. The average Bonchev–Trinajstić information content (AvgIpc) is 2.61. The summed E-state index contributed by atoms with van der Waals surface area (Å²) in [5.74, 6) is -0.799. The van der Waals surface area contributed by atoms with Crippen molar-refractivity contribution in [1.29, 1.82) is 0 Å². The van der Waals surface area contributed by atoms with Crippen LogP contribution in [0.3, 0.4) is 0 Å². The summed E-state index contributed by atoms with van der Waals surface area (Å²) in [6.45, 7) is 3.45. The number of nitrogens with zero attached hydrogens (tertiary/aromatic N) is 2. The summed E-state index contributed by atoms with van der Waals surface area (Å²) >= 11 is 0. The molecular formula is C9H11F3N2O2. The lowest BCUT2D eigenvalue weighted by atomic mass is 10.3. The van der Waals surface area contributed by atoms with Crippen LogP contribution in [0.4, 0.5) is 13.2 Å². The first-order valence-corrected chi connectivity index (χ1v) is 4.72. The van der Waals surface area contributed by atoms with E-state index < -0.39 is 17.8 Å². The van der Waals surface area contributed by atoms with E-state index in [-0.39, 0.29) is 18.8 Å². The standard InChI is InChI=1S/C9H11F3N2O2/c1-3-14-6(8(15)16-4-2)5-7(13-14)9(10,11)12/h5H,3-4H2,1-2H3. The van der Waals surface area contributed by atoms with Crippen LogP contribution in [0.1, 0.15) is 30.0 Å². The van der Waals surface area contributed by atoms with E-state index in [1.807, 2.05) is 0 Å². The zero-order valence-corrected chi connectivity index (χ0v) is 8.84. The summed E-state index contributed by atoms with van der Waals surface area (Å²) in [6.07, 6.45) is -4.55. The number of hydrogen-bond acceptors (Lipinski definition) is 3. The lowest BCUT2D eigenvalue weighted by Gasteiger charge is -2.02. The Morgan fingerprint density at radius 3 is 2.56 bits per heavy atom. The van der Waals surface area contributed by atoms with E-state index in [0.29, 0.717) is 6.07 Å². The fraction of sp³-hybridized carbons (Fsp3) is 0.556. The quantitative estimate of drug-likeness (QED) is 0.755. The summed E-state index contributed by atoms with van der Waals surface area (Å²) in [6, 6.07) is 0.696. The Balaban J connectivity index is 3.09. The van der Waals surface area contributed by atoms with Gasteiger partial charge in [-0.15, -0.1) is 0 Å². The number of aryl methyl sites for hydroxylation is 1. The molecule has 0 N–H and O–H groups in total. The molecule has 0 aromatic carbocycles. The van der Waals surface area contributed by atoms with Gasteiger partial charge in [0, 0.05) is 12.6 Å². The zero-order valence-electron chi connectivity index (χ0n) is 8.84. The van der Waals surface area contributed by atoms with Crippen molar-refractivity contribution < 1.29 is 22.7 Å². The number of ether oxygens (including phenoxy) is 1. The summed E-state index contributed by atoms with van der Waals surface area (Å²) in [4.78, 5) is 11.3. The molecule has 90 valence electrons. The molecule has 0 aliphatic heterocycles. The topological polar surface area (TPSA) is 44.1 Å². The zero-order chi connectivity index (χ0) is 12.3. The first-order valence-electron chi connectivity index (χ1n) is 4.72. The van der Waals surface area contributed by atoms with Crippen LogP contribution in [0.2, 0.25) is 0 Å². The molecule has 4 nitrogen and oxygen atoms in total. The molecule has 0 saturated heterocycles. The van der Waals surface area contributed by atoms with Crippen LogP contribution < -0.4 is 0 Å². The number of esters is 1. The van der Waals surface area contributed by atoms with E-state index in [0.717, 1.165) is 4.68 Å². The van der Waals surface area contributed by atoms with Crippen molar-refractivity contribution in [3.8, 4) is 0 Å². The van der Waals surface area contributed by atoms with Crippen molar-refractivity contribution in [3.63, 3.8) is 0 Å². The number of carbonyl (C=O) groups is 1. The van der Waals surface area contributed by atoms with Gasteiger partial charge in [0.1, 0.15) is 5.69 Å². The molecule has 0 radical (unpaired) electrons. The van der Waals surface area contributed by atoms with Gasteiger partial charge < -0.3 is 4.74 Å². The van der Waals surface area contributed by atoms with E-state index in [9.17, 15) is 18.0 Å². The fourth-order valence-corrected chi connectivity index (χ4v) is 1.17. The number of rotatable bonds is 3. The Hall–Kier alpha value is -1.53. The molecule has 0 saturated carbocycles. The third-order valence-electron chi connectivity index (χ3n) is 1.85. The van der Waals surface area contributed by atoms with Crippen LogP contribution in [0.5, 0.6) is 0 Å². The van der Waals surface area contributed by atoms with Gasteiger partial charge in [-0.2, -0.15) is 18.3 Å². The molecule has 0 spiro atoms. The second-order valence-corrected chi connectivity index (χ2v) is 2.95. The lowest BCUT2D eigenvalue weighted by Crippen LogP contribution is -2.12. The van der Waals surface area contributed by atoms with Crippen molar-refractivity contribution >= 4 is 5.97 Å². The highest BCUT2D eigenvalue weighted by Crippen LogP contribution is 2.28. The first kappa shape index (κ1) is 12.5. The highest BCUT2D eigenvalue weighted by molar-refractivity contribution is 5.87. The Morgan fingerprint density at radius 2 is 2.12 bits per heavy atom. The smallest absolute Gasteiger partial charge is 0.435 e. The van der Waals surface area contributed by atoms with Crippen molar-refractivity contribution in [2.75, 3.05) is 6.61 Å². The van der Waals surface area contributed by atoms with Crippen molar-refractivity contribution in [2.45, 2.75) is 26.6 Å². The molecule has 16 heavy (non-hydrogen) atoms. The molecule has 0 unspecified atom stereocenters. The molecule has 1 aromatic rings. The molecule has 0 amide bonds. The molecule has 0 atom stereocenters. The summed E-state index contributed by atoms with van der Waals surface area (Å²) in [7, 11) is 0. The summed E-state index contributed by atoms with van der Waals surface area (Å²) in [5, 5.41) is 3.29. The molecule has 0 aliphatic carbocycles. The Bertz CT molecular complexity index is 385. The predicted octanol–water partition coefficient (Wildman–Crippen LogP) is 2.10. The Morgan fingerprint density at radius 1 is 1.50 bits per heavy atom. The highest BCUT2D eigenvalue weighted by atomic mass is 19.4. The van der Waals surface area contributed by atoms with Crippen molar-refractivity contribution in [3.05, 3.63) is 17.5 Å². The molecule has 0 aliphatic rings. The van der Waals surface area contributed by atoms with E-state index in [2.05, 4.69) is 9.84 Å². The molecular weight excluding hydrogens is 225 g/mol. The predicted molar refractivity (Wildman–Crippen MR) is 48.9 cm³/mol. The maximum absolute atomic E-state index is 12.3. The van der Waals surface area contributed by atoms with E-state index >= 15 is 0 Å². The molecule has 0 bridgehead atoms. The molecule has 7 heteroatoms. The van der Waals surface area contributed by atoms with Crippen LogP contribution in [0.15, 0.2) is 6.07 Å². The SMILES string of the molecule is CCOC(=O)c1cc(C(F)(F)F)nn1CC. The maximum Gasteiger partial charge on any atom is 0.435 e. The van der Waals surface area contributed by atoms with Crippen LogP contribution in [0, 0.1) is 0 Å². The molecule has 1 heterocycles. The minimum atomic E-state index is -4.55. The van der Waals surface area contributed by atoms with E-state index in [1.165, 1.54) is 0 Å². The van der Waals surface area contributed by atoms with Crippen molar-refractivity contribution in [2.24, 2.45) is 0 Å². The van der Waals surface area contributed by atoms with Gasteiger partial charge in [0.15, 0.2) is 5.69 Å². The molecule has 1 aromatic heterocycles. The third-order valence-corrected chi connectivity index (χ3v) is 1.85. The van der Waals surface area contributed by atoms with Crippen molar-refractivity contribution in [1.82, 2.24) is 9.78 Å². The van der Waals surface area contributed by atoms with Crippen LogP contribution in [-0.2, 0) is 17.5 Å². The van der Waals surface area contributed by atoms with Gasteiger partial charge in [0.2, 0.25) is 0 Å². The molecule has 1 rings (SSSR count). The fourth-order valence-electron chi connectivity index (χ4n) is 1.17. The molecule has 0 fully saturated rings. The number of alkyl halides is 3. The largest absolute Gasteiger partial charge is 0.461 e. The van der Waals surface area contributed by atoms with Gasteiger partial charge >= 0.3 is 12.1 Å². The van der Waals surface area contributed by atoms with Gasteiger partial charge in [-0.05, 0) is 13.8 Å². The van der Waals surface area contributed by atoms with E-state index in [4.69, 9.17) is 0 Å². The summed E-state index contributed by atoms with van der Waals surface area (Å²) < 4.78 is 42.6. The minimum Gasteiger partial charge on any atom is -0.461 e. The average molecular weight is 236 g/mol. The Kier molecular flexibility index (Phi) is 3.56. The summed E-state index contributed by atoms with van der Waals surface area (Å²) in [5.41, 5.74) is -1.27. The van der Waals surface area contributed by atoms with Crippen LogP contribution >= 0.6 is 0 Å². The minimum absolute atomic E-state index is 0.106. The van der Waals surface area contributed by atoms with Gasteiger partial charge in [-0.1, -0.05) is 0 Å². The maximum atomic E-state index is 12.3. The monoisotopic (exact) mass is 236 g/mol. The van der Waals surface area contributed by atoms with Crippen LogP contribution in [-0.4, -0.2) is 22.4 Å². The normalized spacial score (nSPS) is 11.6. The number of hydrogen-bond donors (Lipinski definition) is 0. The second-order valence-electron chi connectivity index (χ2n) is 2.95. The third kappa shape index (κ3) is 2.53. The first-order chi connectivity index (χ1) is 7.40.